The summed E-state index contributed by atoms with van der Waals surface area (Å²) in [5.41, 5.74) is 1.26. The largest absolute Gasteiger partial charge is 0.350 e. The zero-order valence-electron chi connectivity index (χ0n) is 19.5. The summed E-state index contributed by atoms with van der Waals surface area (Å²) >= 11 is 5.95. The molecule has 3 heterocycles. The molecule has 8 nitrogen and oxygen atoms in total. The third-order valence-corrected chi connectivity index (χ3v) is 7.09. The van der Waals surface area contributed by atoms with Gasteiger partial charge in [0, 0.05) is 35.6 Å². The number of amides is 2. The first-order chi connectivity index (χ1) is 17.0. The van der Waals surface area contributed by atoms with Crippen molar-refractivity contribution < 1.29 is 9.59 Å². The minimum atomic E-state index is -0.453. The summed E-state index contributed by atoms with van der Waals surface area (Å²) in [5, 5.41) is 9.50. The standard InChI is InChI=1S/C26H28ClN5O3/c27-19-7-9-20(10-8-19)31-17-18(15-24(31)33)25(34)28-16-23-21-5-1-2-6-22(21)26(35)32(29-23)14-13-30-11-3-4-12-30/h1-2,5-10,18H,3-4,11-17H2,(H,28,34). The van der Waals surface area contributed by atoms with E-state index in [9.17, 15) is 14.4 Å². The molecule has 2 amide bonds. The summed E-state index contributed by atoms with van der Waals surface area (Å²) in [4.78, 5) is 42.5. The predicted octanol–water partition coefficient (Wildman–Crippen LogP) is 2.82. The highest BCUT2D eigenvalue weighted by molar-refractivity contribution is 6.30. The Morgan fingerprint density at radius 1 is 1.00 bits per heavy atom. The molecule has 2 saturated heterocycles. The van der Waals surface area contributed by atoms with Gasteiger partial charge in [-0.15, -0.1) is 0 Å². The quantitative estimate of drug-likeness (QED) is 0.547. The number of carbonyl (C=O) groups excluding carboxylic acids is 2. The molecular weight excluding hydrogens is 466 g/mol. The van der Waals surface area contributed by atoms with Gasteiger partial charge in [-0.25, -0.2) is 4.68 Å². The normalized spacial score (nSPS) is 18.5. The molecule has 0 aliphatic carbocycles. The zero-order valence-corrected chi connectivity index (χ0v) is 20.2. The molecule has 0 radical (unpaired) electrons. The summed E-state index contributed by atoms with van der Waals surface area (Å²) in [5.74, 6) is -0.743. The van der Waals surface area contributed by atoms with Crippen LogP contribution in [-0.2, 0) is 22.7 Å². The van der Waals surface area contributed by atoms with E-state index in [2.05, 4.69) is 15.3 Å². The molecule has 1 unspecified atom stereocenters. The van der Waals surface area contributed by atoms with Crippen LogP contribution in [0.4, 0.5) is 5.69 Å². The number of halogens is 1. The fourth-order valence-electron chi connectivity index (χ4n) is 4.90. The van der Waals surface area contributed by atoms with Crippen LogP contribution in [0.3, 0.4) is 0 Å². The van der Waals surface area contributed by atoms with Crippen molar-refractivity contribution in [2.45, 2.75) is 32.4 Å². The lowest BCUT2D eigenvalue weighted by molar-refractivity contribution is -0.126. The number of nitrogens with one attached hydrogen (secondary N) is 1. The van der Waals surface area contributed by atoms with Crippen molar-refractivity contribution in [3.8, 4) is 0 Å². The van der Waals surface area contributed by atoms with Crippen LogP contribution >= 0.6 is 11.6 Å². The summed E-state index contributed by atoms with van der Waals surface area (Å²) in [6.07, 6.45) is 2.53. The Hall–Kier alpha value is -3.23. The monoisotopic (exact) mass is 493 g/mol. The Bertz CT molecular complexity index is 1300. The van der Waals surface area contributed by atoms with E-state index in [-0.39, 0.29) is 30.3 Å². The lowest BCUT2D eigenvalue weighted by Gasteiger charge is -2.17. The molecule has 182 valence electrons. The van der Waals surface area contributed by atoms with Gasteiger partial charge in [-0.1, -0.05) is 29.8 Å². The Labute approximate surface area is 208 Å². The average Bonchev–Trinajstić information content (AvgIpc) is 3.53. The van der Waals surface area contributed by atoms with Gasteiger partial charge in [-0.3, -0.25) is 14.4 Å². The third kappa shape index (κ3) is 5.09. The van der Waals surface area contributed by atoms with Crippen LogP contribution in [0.15, 0.2) is 53.3 Å². The lowest BCUT2D eigenvalue weighted by Crippen LogP contribution is -2.35. The Kier molecular flexibility index (Phi) is 6.83. The molecule has 0 saturated carbocycles. The molecule has 1 aromatic heterocycles. The smallest absolute Gasteiger partial charge is 0.274 e. The number of hydrogen-bond acceptors (Lipinski definition) is 5. The molecule has 0 bridgehead atoms. The number of carbonyl (C=O) groups is 2. The van der Waals surface area contributed by atoms with Crippen LogP contribution in [0.1, 0.15) is 25.0 Å². The third-order valence-electron chi connectivity index (χ3n) is 6.84. The van der Waals surface area contributed by atoms with Crippen molar-refractivity contribution in [1.82, 2.24) is 20.0 Å². The molecule has 2 aliphatic heterocycles. The fraction of sp³-hybridized carbons (Fsp3) is 0.385. The molecule has 2 aromatic carbocycles. The number of rotatable bonds is 7. The van der Waals surface area contributed by atoms with Crippen molar-refractivity contribution in [1.29, 1.82) is 0 Å². The average molecular weight is 494 g/mol. The molecular formula is C26H28ClN5O3. The molecule has 5 rings (SSSR count). The van der Waals surface area contributed by atoms with E-state index in [4.69, 9.17) is 11.6 Å². The second-order valence-electron chi connectivity index (χ2n) is 9.17. The van der Waals surface area contributed by atoms with Crippen molar-refractivity contribution in [2.24, 2.45) is 5.92 Å². The number of nitrogens with zero attached hydrogens (tertiary/aromatic N) is 4. The molecule has 1 atom stereocenters. The molecule has 35 heavy (non-hydrogen) atoms. The molecule has 9 heteroatoms. The lowest BCUT2D eigenvalue weighted by atomic mass is 10.1. The van der Waals surface area contributed by atoms with E-state index in [1.165, 1.54) is 17.5 Å². The number of anilines is 1. The first-order valence-electron chi connectivity index (χ1n) is 12.0. The van der Waals surface area contributed by atoms with E-state index >= 15 is 0 Å². The summed E-state index contributed by atoms with van der Waals surface area (Å²) in [6, 6.07) is 14.4. The van der Waals surface area contributed by atoms with Crippen molar-refractivity contribution in [3.05, 3.63) is 69.6 Å². The van der Waals surface area contributed by atoms with Crippen LogP contribution in [0.5, 0.6) is 0 Å². The summed E-state index contributed by atoms with van der Waals surface area (Å²) in [6.45, 7) is 3.90. The molecule has 1 N–H and O–H groups in total. The van der Waals surface area contributed by atoms with Crippen molar-refractivity contribution >= 4 is 39.9 Å². The van der Waals surface area contributed by atoms with Gasteiger partial charge < -0.3 is 15.1 Å². The number of aromatic nitrogens is 2. The van der Waals surface area contributed by atoms with Gasteiger partial charge in [-0.05, 0) is 56.3 Å². The predicted molar refractivity (Wildman–Crippen MR) is 135 cm³/mol. The van der Waals surface area contributed by atoms with Crippen LogP contribution in [-0.4, -0.2) is 52.7 Å². The van der Waals surface area contributed by atoms with Gasteiger partial charge in [0.25, 0.3) is 5.56 Å². The van der Waals surface area contributed by atoms with E-state index < -0.39 is 5.92 Å². The minimum absolute atomic E-state index is 0.0912. The Morgan fingerprint density at radius 3 is 2.46 bits per heavy atom. The molecule has 3 aromatic rings. The fourth-order valence-corrected chi connectivity index (χ4v) is 5.02. The van der Waals surface area contributed by atoms with Gasteiger partial charge >= 0.3 is 0 Å². The highest BCUT2D eigenvalue weighted by Gasteiger charge is 2.35. The van der Waals surface area contributed by atoms with Crippen LogP contribution in [0, 0.1) is 5.92 Å². The summed E-state index contributed by atoms with van der Waals surface area (Å²) in [7, 11) is 0. The zero-order chi connectivity index (χ0) is 24.4. The SMILES string of the molecule is O=C(NCc1nn(CCN2CCCC2)c(=O)c2ccccc12)C1CC(=O)N(c2ccc(Cl)cc2)C1. The van der Waals surface area contributed by atoms with Gasteiger partial charge in [0.2, 0.25) is 11.8 Å². The first kappa shape index (κ1) is 23.5. The van der Waals surface area contributed by atoms with E-state index in [1.54, 1.807) is 35.2 Å². The highest BCUT2D eigenvalue weighted by Crippen LogP contribution is 2.26. The van der Waals surface area contributed by atoms with Crippen LogP contribution in [0.2, 0.25) is 5.02 Å². The number of benzene rings is 2. The Morgan fingerprint density at radius 2 is 1.71 bits per heavy atom. The number of hydrogen-bond donors (Lipinski definition) is 1. The van der Waals surface area contributed by atoms with Gasteiger partial charge in [0.05, 0.1) is 30.1 Å². The van der Waals surface area contributed by atoms with E-state index in [1.807, 2.05) is 18.2 Å². The minimum Gasteiger partial charge on any atom is -0.350 e. The second kappa shape index (κ2) is 10.2. The number of likely N-dealkylation sites (tertiary alicyclic amines) is 1. The van der Waals surface area contributed by atoms with Gasteiger partial charge in [-0.2, -0.15) is 5.10 Å². The van der Waals surface area contributed by atoms with Gasteiger partial charge in [0.1, 0.15) is 0 Å². The molecule has 2 fully saturated rings. The topological polar surface area (TPSA) is 87.5 Å². The van der Waals surface area contributed by atoms with Crippen LogP contribution in [0.25, 0.3) is 10.8 Å². The van der Waals surface area contributed by atoms with Crippen molar-refractivity contribution in [2.75, 3.05) is 31.1 Å². The number of fused-ring (bicyclic) bond motifs is 1. The molecule has 0 spiro atoms. The maximum Gasteiger partial charge on any atom is 0.274 e. The van der Waals surface area contributed by atoms with E-state index in [0.717, 1.165) is 30.7 Å². The second-order valence-corrected chi connectivity index (χ2v) is 9.61. The summed E-state index contributed by atoms with van der Waals surface area (Å²) < 4.78 is 1.52. The molecule has 2 aliphatic rings. The van der Waals surface area contributed by atoms with Crippen LogP contribution < -0.4 is 15.8 Å². The Balaban J connectivity index is 1.29. The van der Waals surface area contributed by atoms with Gasteiger partial charge in [0.15, 0.2) is 0 Å². The first-order valence-corrected chi connectivity index (χ1v) is 12.4. The van der Waals surface area contributed by atoms with E-state index in [0.29, 0.717) is 29.2 Å². The maximum atomic E-state index is 13.0. The maximum absolute atomic E-state index is 13.0. The van der Waals surface area contributed by atoms with Crippen molar-refractivity contribution in [3.63, 3.8) is 0 Å². The highest BCUT2D eigenvalue weighted by atomic mass is 35.5.